The van der Waals surface area contributed by atoms with Crippen molar-refractivity contribution in [2.45, 2.75) is 13.3 Å². The molecule has 2 aromatic rings. The lowest BCUT2D eigenvalue weighted by Gasteiger charge is -2.26. The van der Waals surface area contributed by atoms with E-state index in [4.69, 9.17) is 5.73 Å². The van der Waals surface area contributed by atoms with Gasteiger partial charge in [0.1, 0.15) is 23.8 Å². The van der Waals surface area contributed by atoms with Gasteiger partial charge in [-0.15, -0.1) is 0 Å². The number of carbonyl (C=O) groups excluding carboxylic acids is 1. The van der Waals surface area contributed by atoms with Crippen molar-refractivity contribution in [3.05, 3.63) is 35.5 Å². The highest BCUT2D eigenvalue weighted by Crippen LogP contribution is 2.41. The molecule has 0 spiro atoms. The molecule has 1 aromatic carbocycles. The number of H-pyrrole nitrogens is 1. The van der Waals surface area contributed by atoms with Crippen LogP contribution in [-0.4, -0.2) is 54.1 Å². The molecule has 1 aliphatic heterocycles. The molecule has 1 unspecified atom stereocenters. The van der Waals surface area contributed by atoms with Gasteiger partial charge in [0.25, 0.3) is 5.91 Å². The molecule has 26 heavy (non-hydrogen) atoms. The standard InChI is InChI=1S/C18H23F2N5O/c1-18(3-5-25(10-18)6-4-19)13(9-21)16-23-14-8-11(20)7-12(15(14)24-16)17(26)22-2/h7-9H,3-6,10,21H2,1-2H3,(H,22,26)(H,23,24). The number of fused-ring (bicyclic) bond motifs is 1. The van der Waals surface area contributed by atoms with Crippen molar-refractivity contribution in [2.75, 3.05) is 33.4 Å². The quantitative estimate of drug-likeness (QED) is 0.759. The molecule has 0 bridgehead atoms. The normalized spacial score (nSPS) is 21.5. The van der Waals surface area contributed by atoms with Gasteiger partial charge in [-0.2, -0.15) is 0 Å². The van der Waals surface area contributed by atoms with Crippen LogP contribution >= 0.6 is 0 Å². The van der Waals surface area contributed by atoms with Crippen LogP contribution in [0.3, 0.4) is 0 Å². The molecule has 140 valence electrons. The number of hydrogen-bond donors (Lipinski definition) is 3. The molecule has 1 saturated heterocycles. The number of amides is 1. The van der Waals surface area contributed by atoms with Gasteiger partial charge in [-0.05, 0) is 25.1 Å². The lowest BCUT2D eigenvalue weighted by molar-refractivity contribution is 0.0964. The monoisotopic (exact) mass is 363 g/mol. The van der Waals surface area contributed by atoms with Gasteiger partial charge in [0, 0.05) is 37.3 Å². The van der Waals surface area contributed by atoms with E-state index in [-0.39, 0.29) is 11.0 Å². The fourth-order valence-electron chi connectivity index (χ4n) is 3.67. The second-order valence-corrected chi connectivity index (χ2v) is 6.87. The van der Waals surface area contributed by atoms with Gasteiger partial charge in [0.2, 0.25) is 0 Å². The molecule has 0 saturated carbocycles. The highest BCUT2D eigenvalue weighted by atomic mass is 19.1. The number of halogens is 2. The second kappa shape index (κ2) is 7.03. The van der Waals surface area contributed by atoms with Gasteiger partial charge >= 0.3 is 0 Å². The minimum Gasteiger partial charge on any atom is -0.404 e. The minimum atomic E-state index is -0.522. The first kappa shape index (κ1) is 18.3. The van der Waals surface area contributed by atoms with E-state index in [1.165, 1.54) is 19.3 Å². The summed E-state index contributed by atoms with van der Waals surface area (Å²) in [7, 11) is 1.48. The van der Waals surface area contributed by atoms with E-state index in [1.807, 2.05) is 4.90 Å². The Bertz CT molecular complexity index is 863. The fourth-order valence-corrected chi connectivity index (χ4v) is 3.67. The van der Waals surface area contributed by atoms with Crippen LogP contribution < -0.4 is 11.1 Å². The van der Waals surface area contributed by atoms with Crippen molar-refractivity contribution in [1.29, 1.82) is 0 Å². The largest absolute Gasteiger partial charge is 0.404 e. The Morgan fingerprint density at radius 2 is 2.31 bits per heavy atom. The number of likely N-dealkylation sites (tertiary alicyclic amines) is 1. The zero-order chi connectivity index (χ0) is 18.9. The first-order valence-electron chi connectivity index (χ1n) is 8.54. The van der Waals surface area contributed by atoms with Gasteiger partial charge in [-0.25, -0.2) is 13.8 Å². The predicted octanol–water partition coefficient (Wildman–Crippen LogP) is 2.04. The van der Waals surface area contributed by atoms with Gasteiger partial charge in [-0.1, -0.05) is 6.92 Å². The first-order chi connectivity index (χ1) is 12.4. The Labute approximate surface area is 150 Å². The maximum atomic E-state index is 13.9. The zero-order valence-electron chi connectivity index (χ0n) is 14.9. The van der Waals surface area contributed by atoms with E-state index in [2.05, 4.69) is 22.2 Å². The number of alkyl halides is 1. The summed E-state index contributed by atoms with van der Waals surface area (Å²) in [4.78, 5) is 21.7. The molecule has 2 heterocycles. The van der Waals surface area contributed by atoms with Crippen LogP contribution in [0.25, 0.3) is 16.6 Å². The Balaban J connectivity index is 2.03. The highest BCUT2D eigenvalue weighted by molar-refractivity contribution is 6.05. The van der Waals surface area contributed by atoms with Crippen LogP contribution in [0.1, 0.15) is 29.5 Å². The highest BCUT2D eigenvalue weighted by Gasteiger charge is 2.38. The third-order valence-corrected chi connectivity index (χ3v) is 5.05. The summed E-state index contributed by atoms with van der Waals surface area (Å²) in [5.41, 5.74) is 7.36. The molecule has 6 nitrogen and oxygen atoms in total. The summed E-state index contributed by atoms with van der Waals surface area (Å²) < 4.78 is 26.6. The third kappa shape index (κ3) is 3.16. The average Bonchev–Trinajstić information content (AvgIpc) is 3.18. The Morgan fingerprint density at radius 3 is 2.96 bits per heavy atom. The lowest BCUT2D eigenvalue weighted by atomic mass is 9.81. The number of aromatic nitrogens is 2. The number of imidazole rings is 1. The molecular formula is C18H23F2N5O. The Kier molecular flexibility index (Phi) is 4.95. The number of benzene rings is 1. The van der Waals surface area contributed by atoms with Gasteiger partial charge in [0.15, 0.2) is 0 Å². The van der Waals surface area contributed by atoms with E-state index < -0.39 is 18.4 Å². The summed E-state index contributed by atoms with van der Waals surface area (Å²) in [5, 5.41) is 2.49. The van der Waals surface area contributed by atoms with Crippen molar-refractivity contribution in [2.24, 2.45) is 11.1 Å². The van der Waals surface area contributed by atoms with Crippen molar-refractivity contribution >= 4 is 22.5 Å². The number of hydrogen-bond acceptors (Lipinski definition) is 4. The number of carbonyl (C=O) groups is 1. The summed E-state index contributed by atoms with van der Waals surface area (Å²) in [6.07, 6.45) is 2.30. The molecule has 1 atom stereocenters. The van der Waals surface area contributed by atoms with Crippen LogP contribution in [0.2, 0.25) is 0 Å². The number of rotatable bonds is 5. The topological polar surface area (TPSA) is 87.0 Å². The van der Waals surface area contributed by atoms with Gasteiger partial charge in [0.05, 0.1) is 11.1 Å². The van der Waals surface area contributed by atoms with Gasteiger partial charge in [-0.3, -0.25) is 9.69 Å². The zero-order valence-corrected chi connectivity index (χ0v) is 14.9. The van der Waals surface area contributed by atoms with Gasteiger partial charge < -0.3 is 16.0 Å². The molecule has 1 fully saturated rings. The van der Waals surface area contributed by atoms with Crippen LogP contribution in [-0.2, 0) is 0 Å². The number of aromatic amines is 1. The maximum Gasteiger partial charge on any atom is 0.253 e. The maximum absolute atomic E-state index is 13.9. The summed E-state index contributed by atoms with van der Waals surface area (Å²) in [6, 6.07) is 2.47. The summed E-state index contributed by atoms with van der Waals surface area (Å²) in [6.45, 7) is 3.48. The number of nitrogens with zero attached hydrogens (tertiary/aromatic N) is 2. The van der Waals surface area contributed by atoms with Crippen LogP contribution in [0, 0.1) is 11.2 Å². The van der Waals surface area contributed by atoms with E-state index in [9.17, 15) is 13.6 Å². The van der Waals surface area contributed by atoms with Crippen molar-refractivity contribution in [1.82, 2.24) is 20.2 Å². The number of nitrogens with one attached hydrogen (secondary N) is 2. The third-order valence-electron chi connectivity index (χ3n) is 5.05. The Hall–Kier alpha value is -2.48. The van der Waals surface area contributed by atoms with Crippen molar-refractivity contribution in [3.63, 3.8) is 0 Å². The van der Waals surface area contributed by atoms with Crippen molar-refractivity contribution < 1.29 is 13.6 Å². The van der Waals surface area contributed by atoms with Crippen LogP contribution in [0.15, 0.2) is 18.3 Å². The molecule has 1 amide bonds. The smallest absolute Gasteiger partial charge is 0.253 e. The van der Waals surface area contributed by atoms with Crippen LogP contribution in [0.5, 0.6) is 0 Å². The molecule has 4 N–H and O–H groups in total. The van der Waals surface area contributed by atoms with Crippen molar-refractivity contribution in [3.8, 4) is 0 Å². The molecule has 0 aliphatic carbocycles. The summed E-state index contributed by atoms with van der Waals surface area (Å²) in [5.74, 6) is -0.430. The molecule has 0 radical (unpaired) electrons. The summed E-state index contributed by atoms with van der Waals surface area (Å²) >= 11 is 0. The molecule has 8 heteroatoms. The minimum absolute atomic E-state index is 0.164. The SMILES string of the molecule is CNC(=O)c1cc(F)cc2[nH]c(C(=CN)C3(C)CCN(CCF)C3)nc12. The van der Waals surface area contributed by atoms with Crippen LogP contribution in [0.4, 0.5) is 8.78 Å². The predicted molar refractivity (Wildman–Crippen MR) is 96.7 cm³/mol. The first-order valence-corrected chi connectivity index (χ1v) is 8.54. The second-order valence-electron chi connectivity index (χ2n) is 6.87. The van der Waals surface area contributed by atoms with E-state index in [0.29, 0.717) is 29.9 Å². The molecule has 3 rings (SSSR count). The molecule has 1 aliphatic rings. The molecule has 1 aromatic heterocycles. The van der Waals surface area contributed by atoms with E-state index >= 15 is 0 Å². The molecular weight excluding hydrogens is 340 g/mol. The van der Waals surface area contributed by atoms with E-state index in [1.54, 1.807) is 0 Å². The fraction of sp³-hybridized carbons (Fsp3) is 0.444. The number of nitrogens with two attached hydrogens (primary N) is 1. The Morgan fingerprint density at radius 1 is 1.54 bits per heavy atom. The lowest BCUT2D eigenvalue weighted by Crippen LogP contribution is -2.28. The van der Waals surface area contributed by atoms with E-state index in [0.717, 1.165) is 24.6 Å². The average molecular weight is 363 g/mol.